The quantitative estimate of drug-likeness (QED) is 0.836. The van der Waals surface area contributed by atoms with E-state index in [2.05, 4.69) is 0 Å². The van der Waals surface area contributed by atoms with Crippen LogP contribution in [0.1, 0.15) is 22.8 Å². The number of benzene rings is 2. The van der Waals surface area contributed by atoms with Gasteiger partial charge in [-0.25, -0.2) is 4.39 Å². The number of fused-ring (bicyclic) bond motifs is 1. The minimum Gasteiger partial charge on any atom is -0.497 e. The van der Waals surface area contributed by atoms with Crippen LogP contribution in [0.15, 0.2) is 47.4 Å². The predicted molar refractivity (Wildman–Crippen MR) is 81.8 cm³/mol. The Hall–Kier alpha value is -1.81. The maximum absolute atomic E-state index is 13.1. The summed E-state index contributed by atoms with van der Waals surface area (Å²) in [6.07, 6.45) is 0. The number of hydrogen-bond donors (Lipinski definition) is 0. The first-order valence-electron chi connectivity index (χ1n) is 6.66. The minimum atomic E-state index is -0.625. The maximum atomic E-state index is 13.1. The lowest BCUT2D eigenvalue weighted by atomic mass is 9.77. The molecule has 0 N–H and O–H groups in total. The van der Waals surface area contributed by atoms with E-state index >= 15 is 0 Å². The van der Waals surface area contributed by atoms with Crippen molar-refractivity contribution < 1.29 is 13.9 Å². The third kappa shape index (κ3) is 2.33. The van der Waals surface area contributed by atoms with E-state index in [1.807, 2.05) is 19.1 Å². The number of rotatable bonds is 2. The molecule has 0 spiro atoms. The lowest BCUT2D eigenvalue weighted by molar-refractivity contribution is 0.0905. The van der Waals surface area contributed by atoms with Gasteiger partial charge in [0, 0.05) is 16.2 Å². The molecule has 0 saturated heterocycles. The molecule has 0 fully saturated rings. The van der Waals surface area contributed by atoms with Gasteiger partial charge in [0.2, 0.25) is 0 Å². The number of Topliss-reactive ketones (excluding diaryl/α,β-unsaturated/α-hetero) is 1. The van der Waals surface area contributed by atoms with Gasteiger partial charge in [0.1, 0.15) is 11.6 Å². The zero-order valence-electron chi connectivity index (χ0n) is 11.9. The van der Waals surface area contributed by atoms with Crippen LogP contribution >= 0.6 is 11.8 Å². The molecule has 1 atom stereocenters. The largest absolute Gasteiger partial charge is 0.497 e. The second-order valence-corrected chi connectivity index (χ2v) is 6.34. The van der Waals surface area contributed by atoms with E-state index in [9.17, 15) is 9.18 Å². The highest BCUT2D eigenvalue weighted by atomic mass is 32.2. The fourth-order valence-corrected chi connectivity index (χ4v) is 3.81. The smallest absolute Gasteiger partial charge is 0.175 e. The highest BCUT2D eigenvalue weighted by Gasteiger charge is 2.40. The molecule has 1 heterocycles. The molecule has 0 radical (unpaired) electrons. The molecule has 1 aliphatic rings. The van der Waals surface area contributed by atoms with Crippen LogP contribution in [0, 0.1) is 5.82 Å². The van der Waals surface area contributed by atoms with Crippen molar-refractivity contribution in [1.82, 2.24) is 0 Å². The van der Waals surface area contributed by atoms with E-state index in [-0.39, 0.29) is 11.6 Å². The second-order valence-electron chi connectivity index (χ2n) is 5.32. The molecule has 0 saturated carbocycles. The number of thioether (sulfide) groups is 1. The number of ketones is 1. The van der Waals surface area contributed by atoms with Crippen LogP contribution in [-0.4, -0.2) is 18.6 Å². The molecule has 0 aliphatic carbocycles. The van der Waals surface area contributed by atoms with Gasteiger partial charge in [-0.3, -0.25) is 4.79 Å². The van der Waals surface area contributed by atoms with Gasteiger partial charge in [0.05, 0.1) is 12.5 Å². The Bertz CT molecular complexity index is 696. The second kappa shape index (κ2) is 5.19. The average molecular weight is 302 g/mol. The van der Waals surface area contributed by atoms with E-state index in [4.69, 9.17) is 4.74 Å². The van der Waals surface area contributed by atoms with Crippen molar-refractivity contribution in [3.63, 3.8) is 0 Å². The van der Waals surface area contributed by atoms with E-state index < -0.39 is 5.41 Å². The van der Waals surface area contributed by atoms with Crippen molar-refractivity contribution in [2.75, 3.05) is 12.9 Å². The number of methoxy groups -OCH3 is 1. The molecule has 4 heteroatoms. The molecule has 3 rings (SSSR count). The molecular weight excluding hydrogens is 287 g/mol. The molecule has 2 nitrogen and oxygen atoms in total. The van der Waals surface area contributed by atoms with Crippen molar-refractivity contribution in [2.45, 2.75) is 17.2 Å². The number of ether oxygens (including phenoxy) is 1. The van der Waals surface area contributed by atoms with Crippen molar-refractivity contribution in [2.24, 2.45) is 0 Å². The topological polar surface area (TPSA) is 26.3 Å². The van der Waals surface area contributed by atoms with Crippen LogP contribution in [-0.2, 0) is 5.41 Å². The van der Waals surface area contributed by atoms with Crippen LogP contribution in [0.3, 0.4) is 0 Å². The Morgan fingerprint density at radius 2 is 1.90 bits per heavy atom. The third-order valence-electron chi connectivity index (χ3n) is 3.93. The number of carbonyl (C=O) groups is 1. The van der Waals surface area contributed by atoms with Crippen molar-refractivity contribution in [1.29, 1.82) is 0 Å². The zero-order chi connectivity index (χ0) is 15.0. The van der Waals surface area contributed by atoms with E-state index in [0.717, 1.165) is 16.2 Å². The summed E-state index contributed by atoms with van der Waals surface area (Å²) in [6, 6.07) is 11.7. The Balaban J connectivity index is 2.03. The van der Waals surface area contributed by atoms with Gasteiger partial charge in [-0.2, -0.15) is 0 Å². The minimum absolute atomic E-state index is 0.0745. The number of hydrogen-bond acceptors (Lipinski definition) is 3. The summed E-state index contributed by atoms with van der Waals surface area (Å²) in [5.41, 5.74) is 0.932. The summed E-state index contributed by atoms with van der Waals surface area (Å²) < 4.78 is 18.3. The van der Waals surface area contributed by atoms with Gasteiger partial charge in [-0.05, 0) is 42.8 Å². The molecule has 0 bridgehead atoms. The summed E-state index contributed by atoms with van der Waals surface area (Å²) in [6.45, 7) is 1.92. The van der Waals surface area contributed by atoms with E-state index in [1.165, 1.54) is 12.1 Å². The molecule has 1 aliphatic heterocycles. The number of halogens is 1. The zero-order valence-corrected chi connectivity index (χ0v) is 12.7. The fourth-order valence-electron chi connectivity index (χ4n) is 2.55. The SMILES string of the molecule is COc1ccc2c(c1)SCC(C)(c1ccc(F)cc1)C2=O. The van der Waals surface area contributed by atoms with Gasteiger partial charge in [-0.15, -0.1) is 11.8 Å². The molecule has 2 aromatic rings. The summed E-state index contributed by atoms with van der Waals surface area (Å²) in [4.78, 5) is 13.8. The number of carbonyl (C=O) groups excluding carboxylic acids is 1. The van der Waals surface area contributed by atoms with Crippen LogP contribution in [0.4, 0.5) is 4.39 Å². The highest BCUT2D eigenvalue weighted by Crippen LogP contribution is 2.42. The molecule has 2 aromatic carbocycles. The Morgan fingerprint density at radius 1 is 1.19 bits per heavy atom. The molecule has 1 unspecified atom stereocenters. The van der Waals surface area contributed by atoms with Crippen molar-refractivity contribution >= 4 is 17.5 Å². The molecule has 21 heavy (non-hydrogen) atoms. The lowest BCUT2D eigenvalue weighted by Gasteiger charge is -2.33. The molecule has 0 aromatic heterocycles. The standard InChI is InChI=1S/C17H15FO2S/c1-17(11-3-5-12(18)6-4-11)10-21-15-9-13(20-2)7-8-14(15)16(17)19/h3-9H,10H2,1-2H3. The van der Waals surface area contributed by atoms with Crippen LogP contribution < -0.4 is 4.74 Å². The highest BCUT2D eigenvalue weighted by molar-refractivity contribution is 7.99. The maximum Gasteiger partial charge on any atom is 0.175 e. The lowest BCUT2D eigenvalue weighted by Crippen LogP contribution is -2.38. The van der Waals surface area contributed by atoms with Gasteiger partial charge in [0.15, 0.2) is 5.78 Å². The monoisotopic (exact) mass is 302 g/mol. The summed E-state index contributed by atoms with van der Waals surface area (Å²) in [7, 11) is 1.61. The van der Waals surface area contributed by atoms with Crippen LogP contribution in [0.2, 0.25) is 0 Å². The Kier molecular flexibility index (Phi) is 3.49. The summed E-state index contributed by atoms with van der Waals surface area (Å²) in [5, 5.41) is 0. The van der Waals surface area contributed by atoms with Gasteiger partial charge < -0.3 is 4.74 Å². The van der Waals surface area contributed by atoms with Crippen LogP contribution in [0.5, 0.6) is 5.75 Å². The molecular formula is C17H15FO2S. The summed E-state index contributed by atoms with van der Waals surface area (Å²) in [5.74, 6) is 1.17. The Morgan fingerprint density at radius 3 is 2.57 bits per heavy atom. The first kappa shape index (κ1) is 14.1. The molecule has 0 amide bonds. The van der Waals surface area contributed by atoms with Gasteiger partial charge in [-0.1, -0.05) is 12.1 Å². The van der Waals surface area contributed by atoms with Gasteiger partial charge >= 0.3 is 0 Å². The predicted octanol–water partition coefficient (Wildman–Crippen LogP) is 4.08. The first-order valence-corrected chi connectivity index (χ1v) is 7.65. The Labute approximate surface area is 127 Å². The van der Waals surface area contributed by atoms with Crippen LogP contribution in [0.25, 0.3) is 0 Å². The van der Waals surface area contributed by atoms with Crippen molar-refractivity contribution in [3.8, 4) is 5.75 Å². The normalized spacial score (nSPS) is 21.0. The first-order chi connectivity index (χ1) is 10.0. The van der Waals surface area contributed by atoms with E-state index in [0.29, 0.717) is 11.3 Å². The third-order valence-corrected chi connectivity index (χ3v) is 5.30. The fraction of sp³-hybridized carbons (Fsp3) is 0.235. The van der Waals surface area contributed by atoms with E-state index in [1.54, 1.807) is 37.1 Å². The van der Waals surface area contributed by atoms with Crippen molar-refractivity contribution in [3.05, 3.63) is 59.4 Å². The molecule has 108 valence electrons. The summed E-state index contributed by atoms with van der Waals surface area (Å²) >= 11 is 1.63. The average Bonchev–Trinajstić information content (AvgIpc) is 2.51. The van der Waals surface area contributed by atoms with Gasteiger partial charge in [0.25, 0.3) is 0 Å².